The molecule has 3 aromatic carbocycles. The minimum atomic E-state index is -0.582. The van der Waals surface area contributed by atoms with Gasteiger partial charge < -0.3 is 10.2 Å². The second-order valence-corrected chi connectivity index (χ2v) is 8.17. The van der Waals surface area contributed by atoms with Crippen molar-refractivity contribution in [2.75, 3.05) is 6.54 Å². The van der Waals surface area contributed by atoms with Crippen molar-refractivity contribution >= 4 is 11.8 Å². The summed E-state index contributed by atoms with van der Waals surface area (Å²) >= 11 is 0. The topological polar surface area (TPSA) is 49.4 Å². The normalized spacial score (nSPS) is 11.6. The molecule has 3 aromatic rings. The number of benzene rings is 3. The fourth-order valence-corrected chi connectivity index (χ4v) is 3.80. The minimum Gasteiger partial charge on any atom is -0.354 e. The van der Waals surface area contributed by atoms with E-state index in [1.807, 2.05) is 98.8 Å². The van der Waals surface area contributed by atoms with Gasteiger partial charge in [0.2, 0.25) is 11.8 Å². The van der Waals surface area contributed by atoms with E-state index >= 15 is 0 Å². The highest BCUT2D eigenvalue weighted by Gasteiger charge is 2.30. The zero-order valence-corrected chi connectivity index (χ0v) is 19.0. The summed E-state index contributed by atoms with van der Waals surface area (Å²) in [6.07, 6.45) is 1.59. The van der Waals surface area contributed by atoms with Gasteiger partial charge >= 0.3 is 0 Å². The molecule has 166 valence electrons. The molecule has 1 atom stereocenters. The molecule has 0 saturated heterocycles. The summed E-state index contributed by atoms with van der Waals surface area (Å²) in [5, 5.41) is 3.01. The summed E-state index contributed by atoms with van der Waals surface area (Å²) < 4.78 is 0. The van der Waals surface area contributed by atoms with Crippen LogP contribution in [-0.4, -0.2) is 29.3 Å². The molecule has 32 heavy (non-hydrogen) atoms. The van der Waals surface area contributed by atoms with Crippen molar-refractivity contribution in [2.24, 2.45) is 0 Å². The molecule has 4 nitrogen and oxygen atoms in total. The van der Waals surface area contributed by atoms with Crippen LogP contribution in [0.4, 0.5) is 0 Å². The summed E-state index contributed by atoms with van der Waals surface area (Å²) in [4.78, 5) is 28.6. The van der Waals surface area contributed by atoms with Gasteiger partial charge in [0.05, 0.1) is 6.42 Å². The molecule has 0 aliphatic carbocycles. The van der Waals surface area contributed by atoms with Crippen LogP contribution < -0.4 is 5.32 Å². The first-order valence-electron chi connectivity index (χ1n) is 11.3. The van der Waals surface area contributed by atoms with E-state index in [-0.39, 0.29) is 18.2 Å². The number of aryl methyl sites for hydroxylation is 1. The van der Waals surface area contributed by atoms with Gasteiger partial charge in [0.15, 0.2) is 0 Å². The number of amides is 2. The fourth-order valence-electron chi connectivity index (χ4n) is 3.80. The molecule has 1 N–H and O–H groups in total. The SMILES string of the molecule is CCCNC(=O)[C@@H](Cc1ccccc1)N(Cc1ccccc1)C(=O)Cc1cccc(C)c1. The van der Waals surface area contributed by atoms with Gasteiger partial charge in [-0.1, -0.05) is 97.4 Å². The highest BCUT2D eigenvalue weighted by atomic mass is 16.2. The molecule has 0 radical (unpaired) electrons. The van der Waals surface area contributed by atoms with Crippen LogP contribution in [0, 0.1) is 6.92 Å². The van der Waals surface area contributed by atoms with Gasteiger partial charge in [-0.15, -0.1) is 0 Å². The Hall–Kier alpha value is -3.40. The number of nitrogens with zero attached hydrogens (tertiary/aromatic N) is 1. The lowest BCUT2D eigenvalue weighted by Gasteiger charge is -2.31. The molecule has 0 aliphatic rings. The fraction of sp³-hybridized carbons (Fsp3) is 0.286. The van der Waals surface area contributed by atoms with Gasteiger partial charge in [-0.3, -0.25) is 9.59 Å². The zero-order valence-electron chi connectivity index (χ0n) is 19.0. The molecule has 0 saturated carbocycles. The number of hydrogen-bond donors (Lipinski definition) is 1. The smallest absolute Gasteiger partial charge is 0.243 e. The molecular formula is C28H32N2O2. The molecule has 0 heterocycles. The van der Waals surface area contributed by atoms with Crippen molar-refractivity contribution in [3.05, 3.63) is 107 Å². The number of hydrogen-bond acceptors (Lipinski definition) is 2. The van der Waals surface area contributed by atoms with Crippen molar-refractivity contribution in [1.82, 2.24) is 10.2 Å². The van der Waals surface area contributed by atoms with Crippen LogP contribution >= 0.6 is 0 Å². The standard InChI is InChI=1S/C28H32N2O2/c1-3-17-29-28(32)26(19-23-12-6-4-7-13-23)30(21-24-14-8-5-9-15-24)27(31)20-25-16-10-11-22(2)18-25/h4-16,18,26H,3,17,19-21H2,1-2H3,(H,29,32)/t26-/m1/s1. The van der Waals surface area contributed by atoms with Crippen LogP contribution in [0.1, 0.15) is 35.6 Å². The van der Waals surface area contributed by atoms with Crippen molar-refractivity contribution in [3.8, 4) is 0 Å². The Balaban J connectivity index is 1.93. The molecule has 3 rings (SSSR count). The monoisotopic (exact) mass is 428 g/mol. The number of nitrogens with one attached hydrogen (secondary N) is 1. The van der Waals surface area contributed by atoms with Crippen LogP contribution in [0.3, 0.4) is 0 Å². The highest BCUT2D eigenvalue weighted by Crippen LogP contribution is 2.17. The van der Waals surface area contributed by atoms with E-state index in [2.05, 4.69) is 5.32 Å². The summed E-state index contributed by atoms with van der Waals surface area (Å²) in [5.41, 5.74) is 4.11. The Bertz CT molecular complexity index is 1000. The predicted molar refractivity (Wildman–Crippen MR) is 129 cm³/mol. The van der Waals surface area contributed by atoms with E-state index in [0.29, 0.717) is 19.5 Å². The quantitative estimate of drug-likeness (QED) is 0.509. The van der Waals surface area contributed by atoms with Crippen LogP contribution in [0.15, 0.2) is 84.9 Å². The predicted octanol–water partition coefficient (Wildman–Crippen LogP) is 4.70. The lowest BCUT2D eigenvalue weighted by atomic mass is 10.0. The van der Waals surface area contributed by atoms with E-state index < -0.39 is 6.04 Å². The van der Waals surface area contributed by atoms with Crippen LogP contribution in [0.25, 0.3) is 0 Å². The van der Waals surface area contributed by atoms with Crippen LogP contribution in [0.5, 0.6) is 0 Å². The van der Waals surface area contributed by atoms with Crippen LogP contribution in [-0.2, 0) is 29.0 Å². The molecular weight excluding hydrogens is 396 g/mol. The van der Waals surface area contributed by atoms with Gasteiger partial charge in [-0.2, -0.15) is 0 Å². The molecule has 0 aliphatic heterocycles. The molecule has 0 bridgehead atoms. The molecule has 0 unspecified atom stereocenters. The van der Waals surface area contributed by atoms with Crippen molar-refractivity contribution in [3.63, 3.8) is 0 Å². The molecule has 0 spiro atoms. The Labute approximate surface area is 191 Å². The Morgan fingerprint density at radius 1 is 0.844 bits per heavy atom. The van der Waals surface area contributed by atoms with Crippen molar-refractivity contribution in [1.29, 1.82) is 0 Å². The summed E-state index contributed by atoms with van der Waals surface area (Å²) in [6.45, 7) is 5.03. The maximum atomic E-state index is 13.6. The van der Waals surface area contributed by atoms with E-state index in [0.717, 1.165) is 28.7 Å². The minimum absolute atomic E-state index is 0.0490. The first kappa shape index (κ1) is 23.3. The van der Waals surface area contributed by atoms with E-state index in [1.54, 1.807) is 4.90 Å². The van der Waals surface area contributed by atoms with E-state index in [9.17, 15) is 9.59 Å². The van der Waals surface area contributed by atoms with E-state index in [4.69, 9.17) is 0 Å². The maximum Gasteiger partial charge on any atom is 0.243 e. The summed E-state index contributed by atoms with van der Waals surface area (Å²) in [7, 11) is 0. The lowest BCUT2D eigenvalue weighted by Crippen LogP contribution is -2.51. The second kappa shape index (κ2) is 11.8. The Kier molecular flexibility index (Phi) is 8.61. The first-order valence-corrected chi connectivity index (χ1v) is 11.3. The average molecular weight is 429 g/mol. The van der Waals surface area contributed by atoms with Gasteiger partial charge in [-0.25, -0.2) is 0 Å². The summed E-state index contributed by atoms with van der Waals surface area (Å²) in [5.74, 6) is -0.156. The lowest BCUT2D eigenvalue weighted by molar-refractivity contribution is -0.140. The number of carbonyl (C=O) groups excluding carboxylic acids is 2. The largest absolute Gasteiger partial charge is 0.354 e. The third-order valence-corrected chi connectivity index (χ3v) is 5.45. The van der Waals surface area contributed by atoms with Gasteiger partial charge in [0, 0.05) is 19.5 Å². The highest BCUT2D eigenvalue weighted by molar-refractivity contribution is 5.88. The van der Waals surface area contributed by atoms with Crippen LogP contribution in [0.2, 0.25) is 0 Å². The maximum absolute atomic E-state index is 13.6. The number of carbonyl (C=O) groups is 2. The Morgan fingerprint density at radius 3 is 2.09 bits per heavy atom. The molecule has 2 amide bonds. The second-order valence-electron chi connectivity index (χ2n) is 8.17. The van der Waals surface area contributed by atoms with Gasteiger partial charge in [0.25, 0.3) is 0 Å². The Morgan fingerprint density at radius 2 is 1.47 bits per heavy atom. The third-order valence-electron chi connectivity index (χ3n) is 5.45. The van der Waals surface area contributed by atoms with Gasteiger partial charge in [0.1, 0.15) is 6.04 Å². The zero-order chi connectivity index (χ0) is 22.8. The number of rotatable bonds is 10. The van der Waals surface area contributed by atoms with Crippen molar-refractivity contribution in [2.45, 2.75) is 45.7 Å². The molecule has 4 heteroatoms. The van der Waals surface area contributed by atoms with Crippen molar-refractivity contribution < 1.29 is 9.59 Å². The first-order chi connectivity index (χ1) is 15.6. The van der Waals surface area contributed by atoms with E-state index in [1.165, 1.54) is 0 Å². The third kappa shape index (κ3) is 6.81. The average Bonchev–Trinajstić information content (AvgIpc) is 2.81. The summed E-state index contributed by atoms with van der Waals surface area (Å²) in [6, 6.07) is 27.2. The molecule has 0 fully saturated rings. The molecule has 0 aromatic heterocycles. The van der Waals surface area contributed by atoms with Gasteiger partial charge in [-0.05, 0) is 30.0 Å².